The minimum Gasteiger partial charge on any atom is -0.354 e. The summed E-state index contributed by atoms with van der Waals surface area (Å²) in [5.41, 5.74) is 5.47. The van der Waals surface area contributed by atoms with Crippen molar-refractivity contribution in [2.45, 2.75) is 32.7 Å². The van der Waals surface area contributed by atoms with Crippen LogP contribution in [0.4, 0.5) is 0 Å². The molecule has 3 aromatic rings. The second-order valence-electron chi connectivity index (χ2n) is 7.59. The fraction of sp³-hybridized carbons (Fsp3) is 0.333. The number of rotatable bonds is 8. The average molecular weight is 391 g/mol. The Morgan fingerprint density at radius 2 is 1.66 bits per heavy atom. The van der Waals surface area contributed by atoms with Gasteiger partial charge in [0.1, 0.15) is 0 Å². The van der Waals surface area contributed by atoms with Crippen LogP contribution >= 0.6 is 0 Å². The van der Waals surface area contributed by atoms with Crippen LogP contribution in [0, 0.1) is 13.8 Å². The topological polar surface area (TPSA) is 50.2 Å². The van der Waals surface area contributed by atoms with Crippen molar-refractivity contribution in [3.8, 4) is 5.69 Å². The second-order valence-corrected chi connectivity index (χ2v) is 7.59. The number of nitrogens with zero attached hydrogens (tertiary/aromatic N) is 3. The van der Waals surface area contributed by atoms with Crippen LogP contribution in [0.1, 0.15) is 35.0 Å². The molecule has 0 radical (unpaired) electrons. The number of para-hydroxylation sites is 1. The molecule has 2 aromatic carbocycles. The third-order valence-corrected chi connectivity index (χ3v) is 5.34. The third-order valence-electron chi connectivity index (χ3n) is 5.34. The summed E-state index contributed by atoms with van der Waals surface area (Å²) in [4.78, 5) is 14.7. The molecule has 0 aliphatic rings. The average Bonchev–Trinajstić information content (AvgIpc) is 3.01. The van der Waals surface area contributed by atoms with E-state index in [2.05, 4.69) is 34.4 Å². The molecule has 152 valence electrons. The van der Waals surface area contributed by atoms with Gasteiger partial charge in [-0.15, -0.1) is 0 Å². The Labute approximate surface area is 173 Å². The van der Waals surface area contributed by atoms with E-state index < -0.39 is 0 Å². The van der Waals surface area contributed by atoms with Crippen molar-refractivity contribution in [3.05, 3.63) is 83.2 Å². The summed E-state index contributed by atoms with van der Waals surface area (Å²) in [6, 6.07) is 20.5. The summed E-state index contributed by atoms with van der Waals surface area (Å²) < 4.78 is 1.96. The van der Waals surface area contributed by atoms with Gasteiger partial charge in [-0.05, 0) is 57.6 Å². The van der Waals surface area contributed by atoms with E-state index in [0.717, 1.165) is 22.6 Å². The van der Waals surface area contributed by atoms with E-state index in [1.807, 2.05) is 74.2 Å². The van der Waals surface area contributed by atoms with Gasteiger partial charge in [-0.3, -0.25) is 4.79 Å². The molecule has 5 heteroatoms. The maximum atomic E-state index is 12.5. The molecule has 0 aliphatic carbocycles. The Morgan fingerprint density at radius 3 is 2.28 bits per heavy atom. The lowest BCUT2D eigenvalue weighted by Gasteiger charge is -2.25. The van der Waals surface area contributed by atoms with E-state index in [-0.39, 0.29) is 11.9 Å². The molecule has 0 aliphatic heterocycles. The lowest BCUT2D eigenvalue weighted by atomic mass is 10.1. The molecule has 3 rings (SSSR count). The molecule has 0 fully saturated rings. The Kier molecular flexibility index (Phi) is 6.83. The number of hydrogen-bond acceptors (Lipinski definition) is 3. The molecular formula is C24H30N4O. The van der Waals surface area contributed by atoms with Crippen LogP contribution in [-0.4, -0.2) is 41.2 Å². The fourth-order valence-electron chi connectivity index (χ4n) is 3.67. The highest BCUT2D eigenvalue weighted by molar-refractivity contribution is 5.76. The van der Waals surface area contributed by atoms with Crippen LogP contribution in [0.5, 0.6) is 0 Å². The molecule has 5 nitrogen and oxygen atoms in total. The van der Waals surface area contributed by atoms with Gasteiger partial charge in [-0.2, -0.15) is 5.10 Å². The van der Waals surface area contributed by atoms with Gasteiger partial charge in [0.2, 0.25) is 5.91 Å². The Hall–Kier alpha value is -2.92. The Bertz CT molecular complexity index is 932. The van der Waals surface area contributed by atoms with Gasteiger partial charge >= 0.3 is 0 Å². The Balaban J connectivity index is 1.60. The van der Waals surface area contributed by atoms with Gasteiger partial charge in [0.15, 0.2) is 0 Å². The van der Waals surface area contributed by atoms with E-state index in [0.29, 0.717) is 19.4 Å². The van der Waals surface area contributed by atoms with Gasteiger partial charge in [0, 0.05) is 18.7 Å². The number of amides is 1. The van der Waals surface area contributed by atoms with E-state index >= 15 is 0 Å². The summed E-state index contributed by atoms with van der Waals surface area (Å²) in [6.45, 7) is 4.67. The molecule has 1 amide bonds. The molecule has 1 atom stereocenters. The predicted octanol–water partition coefficient (Wildman–Crippen LogP) is 3.84. The minimum absolute atomic E-state index is 0.0686. The van der Waals surface area contributed by atoms with Crippen molar-refractivity contribution < 1.29 is 4.79 Å². The van der Waals surface area contributed by atoms with Crippen molar-refractivity contribution in [1.82, 2.24) is 20.0 Å². The first-order chi connectivity index (χ1) is 14.0. The zero-order valence-corrected chi connectivity index (χ0v) is 17.7. The van der Waals surface area contributed by atoms with E-state index in [9.17, 15) is 4.79 Å². The van der Waals surface area contributed by atoms with Crippen LogP contribution in [0.25, 0.3) is 5.69 Å². The van der Waals surface area contributed by atoms with Gasteiger partial charge in [0.05, 0.1) is 17.4 Å². The number of benzene rings is 2. The van der Waals surface area contributed by atoms with Crippen LogP contribution in [0.3, 0.4) is 0 Å². The van der Waals surface area contributed by atoms with E-state index in [1.54, 1.807) is 0 Å². The molecule has 1 N–H and O–H groups in total. The quantitative estimate of drug-likeness (QED) is 0.636. The lowest BCUT2D eigenvalue weighted by Crippen LogP contribution is -2.34. The van der Waals surface area contributed by atoms with Crippen LogP contribution in [0.2, 0.25) is 0 Å². The fourth-order valence-corrected chi connectivity index (χ4v) is 3.67. The van der Waals surface area contributed by atoms with Gasteiger partial charge in [0.25, 0.3) is 0 Å². The van der Waals surface area contributed by atoms with Crippen molar-refractivity contribution in [2.24, 2.45) is 0 Å². The number of hydrogen-bond donors (Lipinski definition) is 1. The first-order valence-electron chi connectivity index (χ1n) is 10.1. The number of carbonyl (C=O) groups is 1. The van der Waals surface area contributed by atoms with Crippen molar-refractivity contribution in [1.29, 1.82) is 0 Å². The minimum atomic E-state index is 0.0686. The predicted molar refractivity (Wildman–Crippen MR) is 117 cm³/mol. The second kappa shape index (κ2) is 9.52. The maximum absolute atomic E-state index is 12.5. The number of aromatic nitrogens is 2. The molecular weight excluding hydrogens is 360 g/mol. The Morgan fingerprint density at radius 1 is 1.03 bits per heavy atom. The van der Waals surface area contributed by atoms with E-state index in [4.69, 9.17) is 0 Å². The standard InChI is InChI=1S/C24H30N4O/c1-18-22(19(2)28(26-18)21-13-9-6-10-14-21)15-16-24(29)25-17-23(27(3)4)20-11-7-5-8-12-20/h5-14,23H,15-17H2,1-4H3,(H,25,29). The normalized spacial score (nSPS) is 12.2. The van der Waals surface area contributed by atoms with Crippen LogP contribution < -0.4 is 5.32 Å². The van der Waals surface area contributed by atoms with Crippen molar-refractivity contribution in [3.63, 3.8) is 0 Å². The molecule has 29 heavy (non-hydrogen) atoms. The highest BCUT2D eigenvalue weighted by atomic mass is 16.1. The summed E-state index contributed by atoms with van der Waals surface area (Å²) in [7, 11) is 4.07. The number of nitrogens with one attached hydrogen (secondary N) is 1. The monoisotopic (exact) mass is 390 g/mol. The first-order valence-corrected chi connectivity index (χ1v) is 10.1. The summed E-state index contributed by atoms with van der Waals surface area (Å²) >= 11 is 0. The molecule has 0 bridgehead atoms. The number of carbonyl (C=O) groups excluding carboxylic acids is 1. The van der Waals surface area contributed by atoms with Gasteiger partial charge < -0.3 is 10.2 Å². The SMILES string of the molecule is Cc1nn(-c2ccccc2)c(C)c1CCC(=O)NCC(c1ccccc1)N(C)C. The number of likely N-dealkylation sites (N-methyl/N-ethyl adjacent to an activating group) is 1. The maximum Gasteiger partial charge on any atom is 0.220 e. The van der Waals surface area contributed by atoms with Crippen molar-refractivity contribution in [2.75, 3.05) is 20.6 Å². The number of aryl methyl sites for hydroxylation is 1. The molecule has 0 saturated carbocycles. The van der Waals surface area contributed by atoms with E-state index in [1.165, 1.54) is 5.56 Å². The summed E-state index contributed by atoms with van der Waals surface area (Å²) in [5.74, 6) is 0.0686. The zero-order valence-electron chi connectivity index (χ0n) is 17.7. The largest absolute Gasteiger partial charge is 0.354 e. The van der Waals surface area contributed by atoms with Crippen LogP contribution in [0.15, 0.2) is 60.7 Å². The van der Waals surface area contributed by atoms with Gasteiger partial charge in [-0.1, -0.05) is 48.5 Å². The third kappa shape index (κ3) is 5.12. The molecule has 1 heterocycles. The summed E-state index contributed by atoms with van der Waals surface area (Å²) in [5, 5.41) is 7.78. The van der Waals surface area contributed by atoms with Gasteiger partial charge in [-0.25, -0.2) is 4.68 Å². The zero-order chi connectivity index (χ0) is 20.8. The molecule has 0 saturated heterocycles. The smallest absolute Gasteiger partial charge is 0.220 e. The molecule has 1 aromatic heterocycles. The van der Waals surface area contributed by atoms with Crippen molar-refractivity contribution >= 4 is 5.91 Å². The summed E-state index contributed by atoms with van der Waals surface area (Å²) in [6.07, 6.45) is 1.14. The highest BCUT2D eigenvalue weighted by Gasteiger charge is 2.17. The molecule has 1 unspecified atom stereocenters. The lowest BCUT2D eigenvalue weighted by molar-refractivity contribution is -0.121. The van der Waals surface area contributed by atoms with Crippen LogP contribution in [-0.2, 0) is 11.2 Å². The highest BCUT2D eigenvalue weighted by Crippen LogP contribution is 2.20. The molecule has 0 spiro atoms. The first kappa shape index (κ1) is 20.8.